The number of benzene rings is 2. The van der Waals surface area contributed by atoms with Crippen LogP contribution in [0.5, 0.6) is 0 Å². The minimum Gasteiger partial charge on any atom is -0.465 e. The van der Waals surface area contributed by atoms with Gasteiger partial charge in [0.25, 0.3) is 11.8 Å². The van der Waals surface area contributed by atoms with E-state index in [0.29, 0.717) is 33.4 Å². The second-order valence-electron chi connectivity index (χ2n) is 7.57. The molecule has 1 aliphatic rings. The van der Waals surface area contributed by atoms with Crippen LogP contribution in [-0.4, -0.2) is 30.0 Å². The Morgan fingerprint density at radius 3 is 2.62 bits per heavy atom. The number of methoxy groups -OCH3 is 1. The molecule has 2 aromatic carbocycles. The van der Waals surface area contributed by atoms with Gasteiger partial charge in [-0.2, -0.15) is 0 Å². The van der Waals surface area contributed by atoms with Crippen LogP contribution in [0, 0.1) is 13.8 Å². The number of ether oxygens (including phenoxy) is 1. The van der Waals surface area contributed by atoms with Gasteiger partial charge in [0.15, 0.2) is 5.11 Å². The molecule has 0 radical (unpaired) electrons. The van der Waals surface area contributed by atoms with E-state index in [1.165, 1.54) is 18.1 Å². The zero-order chi connectivity index (χ0) is 24.6. The fourth-order valence-electron chi connectivity index (χ4n) is 3.62. The van der Waals surface area contributed by atoms with E-state index >= 15 is 0 Å². The van der Waals surface area contributed by atoms with E-state index in [1.54, 1.807) is 55.5 Å². The van der Waals surface area contributed by atoms with Gasteiger partial charge in [-0.15, -0.1) is 0 Å². The molecule has 0 bridgehead atoms. The van der Waals surface area contributed by atoms with Gasteiger partial charge in [0.1, 0.15) is 17.1 Å². The Hall–Kier alpha value is -3.75. The van der Waals surface area contributed by atoms with Crippen LogP contribution in [0.2, 0.25) is 5.02 Å². The summed E-state index contributed by atoms with van der Waals surface area (Å²) in [5, 5.41) is 2.99. The largest absolute Gasteiger partial charge is 0.465 e. The molecule has 0 aliphatic carbocycles. The molecule has 0 saturated carbocycles. The van der Waals surface area contributed by atoms with Crippen molar-refractivity contribution in [2.24, 2.45) is 0 Å². The van der Waals surface area contributed by atoms with Crippen LogP contribution < -0.4 is 10.2 Å². The van der Waals surface area contributed by atoms with Crippen LogP contribution in [0.1, 0.15) is 27.2 Å². The quantitative estimate of drug-likeness (QED) is 0.242. The van der Waals surface area contributed by atoms with Crippen LogP contribution in [-0.2, 0) is 14.3 Å². The molecule has 1 fully saturated rings. The third-order valence-corrected chi connectivity index (χ3v) is 6.10. The first kappa shape index (κ1) is 23.4. The molecule has 0 atom stereocenters. The molecule has 0 spiro atoms. The number of amides is 2. The maximum Gasteiger partial charge on any atom is 0.337 e. The lowest BCUT2D eigenvalue weighted by Crippen LogP contribution is -2.54. The molecular weight excluding hydrogens is 476 g/mol. The molecule has 0 unspecified atom stereocenters. The van der Waals surface area contributed by atoms with Crippen LogP contribution in [0.25, 0.3) is 17.4 Å². The van der Waals surface area contributed by atoms with Crippen molar-refractivity contribution in [3.63, 3.8) is 0 Å². The average molecular weight is 495 g/mol. The van der Waals surface area contributed by atoms with Gasteiger partial charge in [0, 0.05) is 10.6 Å². The highest BCUT2D eigenvalue weighted by Gasteiger charge is 2.35. The lowest BCUT2D eigenvalue weighted by Gasteiger charge is -2.30. The molecule has 9 heteroatoms. The number of furan rings is 1. The maximum atomic E-state index is 13.3. The van der Waals surface area contributed by atoms with Gasteiger partial charge in [-0.05, 0) is 79.7 Å². The summed E-state index contributed by atoms with van der Waals surface area (Å²) in [6.45, 7) is 3.60. The minimum atomic E-state index is -0.623. The van der Waals surface area contributed by atoms with Gasteiger partial charge in [0.05, 0.1) is 18.4 Å². The Morgan fingerprint density at radius 2 is 1.91 bits per heavy atom. The highest BCUT2D eigenvalue weighted by Crippen LogP contribution is 2.31. The minimum absolute atomic E-state index is 0.0287. The van der Waals surface area contributed by atoms with Crippen LogP contribution in [0.3, 0.4) is 0 Å². The van der Waals surface area contributed by atoms with Gasteiger partial charge >= 0.3 is 5.97 Å². The first-order valence-corrected chi connectivity index (χ1v) is 11.0. The Balaban J connectivity index is 1.67. The Kier molecular flexibility index (Phi) is 6.37. The molecule has 3 aromatic rings. The average Bonchev–Trinajstić information content (AvgIpc) is 3.27. The molecule has 1 aromatic heterocycles. The number of nitrogens with one attached hydrogen (secondary N) is 1. The van der Waals surface area contributed by atoms with Crippen molar-refractivity contribution >= 4 is 58.5 Å². The number of rotatable bonds is 4. The Labute approximate surface area is 205 Å². The second-order valence-corrected chi connectivity index (χ2v) is 8.36. The van der Waals surface area contributed by atoms with E-state index in [0.717, 1.165) is 11.1 Å². The monoisotopic (exact) mass is 494 g/mol. The zero-order valence-corrected chi connectivity index (χ0v) is 20.0. The number of anilines is 1. The summed E-state index contributed by atoms with van der Waals surface area (Å²) in [5.74, 6) is -0.819. The smallest absolute Gasteiger partial charge is 0.337 e. The van der Waals surface area contributed by atoms with Crippen molar-refractivity contribution in [3.05, 3.63) is 81.6 Å². The number of hydrogen-bond donors (Lipinski definition) is 1. The van der Waals surface area contributed by atoms with Gasteiger partial charge in [0.2, 0.25) is 0 Å². The fourth-order valence-corrected chi connectivity index (χ4v) is 4.06. The molecule has 1 saturated heterocycles. The molecule has 2 amide bonds. The maximum absolute atomic E-state index is 13.3. The van der Waals surface area contributed by atoms with E-state index in [1.807, 2.05) is 6.92 Å². The molecular formula is C25H19ClN2O5S. The summed E-state index contributed by atoms with van der Waals surface area (Å²) in [7, 11) is 1.32. The van der Waals surface area contributed by atoms with Gasteiger partial charge < -0.3 is 9.15 Å². The van der Waals surface area contributed by atoms with Crippen molar-refractivity contribution in [2.75, 3.05) is 12.0 Å². The molecule has 4 rings (SSSR count). The lowest BCUT2D eigenvalue weighted by atomic mass is 10.0. The van der Waals surface area contributed by atoms with Crippen LogP contribution >= 0.6 is 23.8 Å². The fraction of sp³-hybridized carbons (Fsp3) is 0.120. The number of halogens is 1. The molecule has 1 aliphatic heterocycles. The van der Waals surface area contributed by atoms with E-state index in [9.17, 15) is 14.4 Å². The Morgan fingerprint density at radius 1 is 1.15 bits per heavy atom. The molecule has 34 heavy (non-hydrogen) atoms. The number of carbonyl (C=O) groups is 3. The second kappa shape index (κ2) is 9.24. The third-order valence-electron chi connectivity index (χ3n) is 5.41. The molecule has 2 heterocycles. The van der Waals surface area contributed by atoms with Crippen LogP contribution in [0.15, 0.2) is 58.5 Å². The number of esters is 1. The summed E-state index contributed by atoms with van der Waals surface area (Å²) in [5.41, 5.74) is 2.99. The predicted octanol–water partition coefficient (Wildman–Crippen LogP) is 4.83. The van der Waals surface area contributed by atoms with Gasteiger partial charge in [-0.3, -0.25) is 19.8 Å². The van der Waals surface area contributed by atoms with Crippen molar-refractivity contribution in [2.45, 2.75) is 13.8 Å². The first-order chi connectivity index (χ1) is 16.2. The van der Waals surface area contributed by atoms with Crippen molar-refractivity contribution < 1.29 is 23.5 Å². The van der Waals surface area contributed by atoms with E-state index in [2.05, 4.69) is 5.32 Å². The first-order valence-electron chi connectivity index (χ1n) is 10.2. The highest BCUT2D eigenvalue weighted by molar-refractivity contribution is 7.80. The summed E-state index contributed by atoms with van der Waals surface area (Å²) in [6.07, 6.45) is 1.37. The van der Waals surface area contributed by atoms with E-state index in [-0.39, 0.29) is 10.7 Å². The van der Waals surface area contributed by atoms with E-state index < -0.39 is 17.8 Å². The summed E-state index contributed by atoms with van der Waals surface area (Å²) in [4.78, 5) is 38.8. The van der Waals surface area contributed by atoms with Crippen LogP contribution in [0.4, 0.5) is 5.69 Å². The lowest BCUT2D eigenvalue weighted by molar-refractivity contribution is -0.122. The van der Waals surface area contributed by atoms with Crippen molar-refractivity contribution in [3.8, 4) is 11.3 Å². The molecule has 172 valence electrons. The summed E-state index contributed by atoms with van der Waals surface area (Å²) < 4.78 is 10.6. The normalized spacial score (nSPS) is 15.0. The number of nitrogens with zero attached hydrogens (tertiary/aromatic N) is 1. The molecule has 7 nitrogen and oxygen atoms in total. The zero-order valence-electron chi connectivity index (χ0n) is 18.5. The number of hydrogen-bond acceptors (Lipinski definition) is 6. The summed E-state index contributed by atoms with van der Waals surface area (Å²) >= 11 is 11.5. The topological polar surface area (TPSA) is 88.9 Å². The molecule has 1 N–H and O–H groups in total. The van der Waals surface area contributed by atoms with Crippen molar-refractivity contribution in [1.82, 2.24) is 5.32 Å². The SMILES string of the molecule is COC(=O)c1ccc(-c2ccc(/C=C3\C(=O)NC(=S)N(c4cccc(Cl)c4C)C3=O)o2)c(C)c1. The Bertz CT molecular complexity index is 1390. The number of carbonyl (C=O) groups excluding carboxylic acids is 3. The van der Waals surface area contributed by atoms with Gasteiger partial charge in [-0.1, -0.05) is 23.7 Å². The van der Waals surface area contributed by atoms with Crippen molar-refractivity contribution in [1.29, 1.82) is 0 Å². The third kappa shape index (κ3) is 4.25. The number of aryl methyl sites for hydroxylation is 1. The standard InChI is InChI=1S/C25H19ClN2O5S/c1-13-11-15(24(31)32-3)7-9-17(13)21-10-8-16(33-21)12-18-22(29)27-25(34)28(23(18)30)20-6-4-5-19(26)14(20)2/h4-12H,1-3H3,(H,27,29,34)/b18-12+. The van der Waals surface area contributed by atoms with E-state index in [4.69, 9.17) is 33.0 Å². The highest BCUT2D eigenvalue weighted by atomic mass is 35.5. The summed E-state index contributed by atoms with van der Waals surface area (Å²) in [6, 6.07) is 13.6. The number of thiocarbonyl (C=S) groups is 1. The predicted molar refractivity (Wildman–Crippen MR) is 133 cm³/mol. The van der Waals surface area contributed by atoms with Gasteiger partial charge in [-0.25, -0.2) is 4.79 Å².